The van der Waals surface area contributed by atoms with Crippen LogP contribution in [0.3, 0.4) is 0 Å². The van der Waals surface area contributed by atoms with Crippen molar-refractivity contribution in [2.75, 3.05) is 23.8 Å². The molecule has 0 aliphatic heterocycles. The second-order valence-corrected chi connectivity index (χ2v) is 8.87. The number of hydrogen-bond donors (Lipinski definition) is 3. The first kappa shape index (κ1) is 26.8. The first-order valence-electron chi connectivity index (χ1n) is 12.8. The minimum atomic E-state index is -0.169. The molecule has 1 unspecified atom stereocenters. The topological polar surface area (TPSA) is 79.5 Å². The van der Waals surface area contributed by atoms with E-state index in [1.54, 1.807) is 24.3 Å². The zero-order chi connectivity index (χ0) is 25.6. The van der Waals surface area contributed by atoms with E-state index in [0.717, 1.165) is 30.0 Å². The molecule has 6 nitrogen and oxygen atoms in total. The maximum Gasteiger partial charge on any atom is 0.251 e. The summed E-state index contributed by atoms with van der Waals surface area (Å²) in [6.45, 7) is 5.02. The lowest BCUT2D eigenvalue weighted by Crippen LogP contribution is -2.26. The number of carbonyl (C=O) groups is 2. The van der Waals surface area contributed by atoms with Gasteiger partial charge in [-0.15, -0.1) is 0 Å². The van der Waals surface area contributed by atoms with Crippen molar-refractivity contribution in [3.63, 3.8) is 0 Å². The van der Waals surface area contributed by atoms with Crippen LogP contribution in [0, 0.1) is 0 Å². The second-order valence-electron chi connectivity index (χ2n) is 8.87. The maximum atomic E-state index is 12.5. The molecule has 3 aromatic carbocycles. The third kappa shape index (κ3) is 9.10. The van der Waals surface area contributed by atoms with E-state index in [2.05, 4.69) is 22.9 Å². The number of benzene rings is 3. The van der Waals surface area contributed by atoms with Crippen molar-refractivity contribution in [2.45, 2.75) is 52.0 Å². The van der Waals surface area contributed by atoms with Crippen LogP contribution in [0.15, 0.2) is 78.9 Å². The Morgan fingerprint density at radius 2 is 1.47 bits per heavy atom. The van der Waals surface area contributed by atoms with Crippen LogP contribution in [-0.2, 0) is 4.79 Å². The van der Waals surface area contributed by atoms with Gasteiger partial charge in [0.15, 0.2) is 0 Å². The predicted molar refractivity (Wildman–Crippen MR) is 147 cm³/mol. The van der Waals surface area contributed by atoms with Gasteiger partial charge in [0.25, 0.3) is 5.91 Å². The van der Waals surface area contributed by atoms with Gasteiger partial charge in [-0.2, -0.15) is 0 Å². The molecule has 0 heterocycles. The average molecular weight is 488 g/mol. The monoisotopic (exact) mass is 487 g/mol. The molecule has 3 rings (SSSR count). The molecule has 2 amide bonds. The van der Waals surface area contributed by atoms with E-state index >= 15 is 0 Å². The molecular weight excluding hydrogens is 450 g/mol. The Morgan fingerprint density at radius 1 is 0.806 bits per heavy atom. The molecule has 0 fully saturated rings. The number of rotatable bonds is 14. The molecular formula is C30H37N3O3. The SMILES string of the molecule is CCCCCCCOc1ccc(NCC(=O)Nc2ccc(C(=O)NC(C)c3ccccc3)cc2)cc1. The molecule has 0 spiro atoms. The minimum Gasteiger partial charge on any atom is -0.494 e. The zero-order valence-corrected chi connectivity index (χ0v) is 21.3. The Hall–Kier alpha value is -3.80. The van der Waals surface area contributed by atoms with Gasteiger partial charge in [-0.25, -0.2) is 0 Å². The second kappa shape index (κ2) is 14.6. The van der Waals surface area contributed by atoms with Gasteiger partial charge < -0.3 is 20.7 Å². The summed E-state index contributed by atoms with van der Waals surface area (Å²) in [4.78, 5) is 24.9. The predicted octanol–water partition coefficient (Wildman–Crippen LogP) is 6.58. The van der Waals surface area contributed by atoms with Gasteiger partial charge in [0.2, 0.25) is 5.91 Å². The fraction of sp³-hybridized carbons (Fsp3) is 0.333. The van der Waals surface area contributed by atoms with Gasteiger partial charge in [-0.3, -0.25) is 9.59 Å². The highest BCUT2D eigenvalue weighted by atomic mass is 16.5. The number of ether oxygens (including phenoxy) is 1. The van der Waals surface area contributed by atoms with E-state index in [4.69, 9.17) is 4.74 Å². The van der Waals surface area contributed by atoms with Crippen molar-refractivity contribution in [1.29, 1.82) is 0 Å². The molecule has 6 heteroatoms. The third-order valence-electron chi connectivity index (χ3n) is 5.90. The smallest absolute Gasteiger partial charge is 0.251 e. The van der Waals surface area contributed by atoms with Crippen molar-refractivity contribution in [3.8, 4) is 5.75 Å². The third-order valence-corrected chi connectivity index (χ3v) is 5.90. The highest BCUT2D eigenvalue weighted by molar-refractivity contribution is 5.96. The molecule has 0 saturated heterocycles. The summed E-state index contributed by atoms with van der Waals surface area (Å²) in [6.07, 6.45) is 6.06. The first-order chi connectivity index (χ1) is 17.5. The molecule has 0 aliphatic carbocycles. The lowest BCUT2D eigenvalue weighted by atomic mass is 10.1. The van der Waals surface area contributed by atoms with Crippen molar-refractivity contribution in [3.05, 3.63) is 90.0 Å². The summed E-state index contributed by atoms with van der Waals surface area (Å²) < 4.78 is 5.78. The molecule has 0 bridgehead atoms. The largest absolute Gasteiger partial charge is 0.494 e. The van der Waals surface area contributed by atoms with Crippen molar-refractivity contribution < 1.29 is 14.3 Å². The van der Waals surface area contributed by atoms with Crippen LogP contribution in [0.5, 0.6) is 5.75 Å². The normalized spacial score (nSPS) is 11.4. The van der Waals surface area contributed by atoms with Gasteiger partial charge >= 0.3 is 0 Å². The van der Waals surface area contributed by atoms with Crippen LogP contribution >= 0.6 is 0 Å². The summed E-state index contributed by atoms with van der Waals surface area (Å²) in [5.41, 5.74) is 3.07. The van der Waals surface area contributed by atoms with Gasteiger partial charge in [-0.1, -0.05) is 62.9 Å². The number of anilines is 2. The van der Waals surface area contributed by atoms with Crippen molar-refractivity contribution >= 4 is 23.2 Å². The van der Waals surface area contributed by atoms with Gasteiger partial charge in [0.05, 0.1) is 19.2 Å². The summed E-state index contributed by atoms with van der Waals surface area (Å²) in [5.74, 6) is 0.509. The van der Waals surface area contributed by atoms with E-state index in [1.165, 1.54) is 25.7 Å². The highest BCUT2D eigenvalue weighted by Gasteiger charge is 2.11. The van der Waals surface area contributed by atoms with Crippen LogP contribution in [0.4, 0.5) is 11.4 Å². The summed E-state index contributed by atoms with van der Waals surface area (Å²) in [6, 6.07) is 24.2. The van der Waals surface area contributed by atoms with Crippen LogP contribution in [0.1, 0.15) is 67.9 Å². The summed E-state index contributed by atoms with van der Waals surface area (Å²) in [7, 11) is 0. The van der Waals surface area contributed by atoms with E-state index in [-0.39, 0.29) is 24.4 Å². The van der Waals surface area contributed by atoms with E-state index < -0.39 is 0 Å². The molecule has 3 N–H and O–H groups in total. The summed E-state index contributed by atoms with van der Waals surface area (Å²) >= 11 is 0. The van der Waals surface area contributed by atoms with E-state index in [0.29, 0.717) is 11.3 Å². The highest BCUT2D eigenvalue weighted by Crippen LogP contribution is 2.17. The lowest BCUT2D eigenvalue weighted by molar-refractivity contribution is -0.114. The molecule has 0 saturated carbocycles. The summed E-state index contributed by atoms with van der Waals surface area (Å²) in [5, 5.41) is 8.96. The fourth-order valence-electron chi connectivity index (χ4n) is 3.76. The molecule has 0 radical (unpaired) electrons. The molecule has 1 atom stereocenters. The molecule has 3 aromatic rings. The van der Waals surface area contributed by atoms with Gasteiger partial charge in [0.1, 0.15) is 5.75 Å². The van der Waals surface area contributed by atoms with Crippen molar-refractivity contribution in [2.24, 2.45) is 0 Å². The number of amides is 2. The number of carbonyl (C=O) groups excluding carboxylic acids is 2. The Morgan fingerprint density at radius 3 is 2.17 bits per heavy atom. The quantitative estimate of drug-likeness (QED) is 0.225. The Kier molecular flexibility index (Phi) is 10.8. The van der Waals surface area contributed by atoms with E-state index in [9.17, 15) is 9.59 Å². The molecule has 36 heavy (non-hydrogen) atoms. The van der Waals surface area contributed by atoms with E-state index in [1.807, 2.05) is 61.5 Å². The fourth-order valence-corrected chi connectivity index (χ4v) is 3.76. The van der Waals surface area contributed by atoms with Crippen molar-refractivity contribution in [1.82, 2.24) is 5.32 Å². The average Bonchev–Trinajstić information content (AvgIpc) is 2.91. The lowest BCUT2D eigenvalue weighted by Gasteiger charge is -2.14. The molecule has 190 valence electrons. The Bertz CT molecular complexity index is 1070. The molecule has 0 aliphatic rings. The Balaban J connectivity index is 1.38. The van der Waals surface area contributed by atoms with Gasteiger partial charge in [0, 0.05) is 16.9 Å². The van der Waals surface area contributed by atoms with Crippen LogP contribution < -0.4 is 20.7 Å². The van der Waals surface area contributed by atoms with Crippen LogP contribution in [0.25, 0.3) is 0 Å². The zero-order valence-electron chi connectivity index (χ0n) is 21.3. The standard InChI is InChI=1S/C30H37N3O3/c1-3-4-5-6-10-21-36-28-19-17-26(18-20-28)31-22-29(34)33-27-15-13-25(14-16-27)30(35)32-23(2)24-11-8-7-9-12-24/h7-9,11-20,23,31H,3-6,10,21-22H2,1-2H3,(H,32,35)(H,33,34). The van der Waals surface area contributed by atoms with Gasteiger partial charge in [-0.05, 0) is 67.4 Å². The van der Waals surface area contributed by atoms with Crippen LogP contribution in [0.2, 0.25) is 0 Å². The number of unbranched alkanes of at least 4 members (excludes halogenated alkanes) is 4. The number of hydrogen-bond acceptors (Lipinski definition) is 4. The van der Waals surface area contributed by atoms with Crippen LogP contribution in [-0.4, -0.2) is 25.0 Å². The minimum absolute atomic E-state index is 0.0969. The first-order valence-corrected chi connectivity index (χ1v) is 12.8. The molecule has 0 aromatic heterocycles. The number of nitrogens with one attached hydrogen (secondary N) is 3. The Labute approximate surface area is 214 Å². The maximum absolute atomic E-state index is 12.5.